The van der Waals surface area contributed by atoms with E-state index < -0.39 is 4.92 Å². The van der Waals surface area contributed by atoms with Gasteiger partial charge in [-0.3, -0.25) is 10.1 Å². The summed E-state index contributed by atoms with van der Waals surface area (Å²) in [5.74, 6) is -0.309. The standard InChI is InChI=1S/C10H11NO3S/c1-7(6-12)8-3-9(11(13)14)5-10(4-8)15-2/h3-7H,1-2H3. The Morgan fingerprint density at radius 2 is 2.13 bits per heavy atom. The number of non-ortho nitro benzene ring substituents is 1. The summed E-state index contributed by atoms with van der Waals surface area (Å²) in [6.07, 6.45) is 2.62. The predicted octanol–water partition coefficient (Wildman–Crippen LogP) is 2.62. The zero-order valence-corrected chi connectivity index (χ0v) is 9.28. The molecule has 15 heavy (non-hydrogen) atoms. The molecule has 1 aromatic carbocycles. The van der Waals surface area contributed by atoms with Crippen LogP contribution in [0.5, 0.6) is 0 Å². The number of carbonyl (C=O) groups excluding carboxylic acids is 1. The number of nitro groups is 1. The van der Waals surface area contributed by atoms with E-state index in [9.17, 15) is 14.9 Å². The fourth-order valence-electron chi connectivity index (χ4n) is 1.17. The van der Waals surface area contributed by atoms with Crippen LogP contribution in [0.4, 0.5) is 5.69 Å². The first-order valence-electron chi connectivity index (χ1n) is 4.37. The first-order valence-corrected chi connectivity index (χ1v) is 5.59. The van der Waals surface area contributed by atoms with Gasteiger partial charge in [-0.25, -0.2) is 0 Å². The van der Waals surface area contributed by atoms with E-state index in [0.717, 1.165) is 11.2 Å². The summed E-state index contributed by atoms with van der Waals surface area (Å²) >= 11 is 1.42. The maximum absolute atomic E-state index is 10.6. The molecule has 0 aliphatic heterocycles. The van der Waals surface area contributed by atoms with Gasteiger partial charge in [-0.05, 0) is 17.9 Å². The van der Waals surface area contributed by atoms with Gasteiger partial charge in [0, 0.05) is 22.9 Å². The minimum absolute atomic E-state index is 0.0329. The van der Waals surface area contributed by atoms with Crippen molar-refractivity contribution in [2.75, 3.05) is 6.26 Å². The third-order valence-corrected chi connectivity index (χ3v) is 2.80. The normalized spacial score (nSPS) is 12.1. The molecule has 1 unspecified atom stereocenters. The Morgan fingerprint density at radius 1 is 1.47 bits per heavy atom. The van der Waals surface area contributed by atoms with Crippen LogP contribution in [0.2, 0.25) is 0 Å². The summed E-state index contributed by atoms with van der Waals surface area (Å²) in [6, 6.07) is 4.75. The molecule has 0 aromatic heterocycles. The molecule has 5 heteroatoms. The SMILES string of the molecule is CSc1cc(C(C)C=O)cc([N+](=O)[O-])c1. The number of rotatable bonds is 4. The summed E-state index contributed by atoms with van der Waals surface area (Å²) in [6.45, 7) is 1.72. The minimum atomic E-state index is -0.444. The Morgan fingerprint density at radius 3 is 2.60 bits per heavy atom. The van der Waals surface area contributed by atoms with Crippen LogP contribution in [0.3, 0.4) is 0 Å². The van der Waals surface area contributed by atoms with E-state index in [2.05, 4.69) is 0 Å². The van der Waals surface area contributed by atoms with Gasteiger partial charge in [0.15, 0.2) is 0 Å². The molecule has 0 amide bonds. The zero-order chi connectivity index (χ0) is 11.4. The lowest BCUT2D eigenvalue weighted by Gasteiger charge is -2.05. The number of hydrogen-bond donors (Lipinski definition) is 0. The largest absolute Gasteiger partial charge is 0.303 e. The lowest BCUT2D eigenvalue weighted by Crippen LogP contribution is -1.97. The quantitative estimate of drug-likeness (QED) is 0.342. The van der Waals surface area contributed by atoms with Gasteiger partial charge in [-0.15, -0.1) is 11.8 Å². The number of aldehydes is 1. The molecule has 0 fully saturated rings. The molecular formula is C10H11NO3S. The van der Waals surface area contributed by atoms with Crippen LogP contribution in [-0.4, -0.2) is 17.5 Å². The van der Waals surface area contributed by atoms with Crippen LogP contribution < -0.4 is 0 Å². The Balaban J connectivity index is 3.22. The average molecular weight is 225 g/mol. The van der Waals surface area contributed by atoms with Crippen molar-refractivity contribution in [2.24, 2.45) is 0 Å². The summed E-state index contributed by atoms with van der Waals surface area (Å²) in [5.41, 5.74) is 0.717. The second-order valence-electron chi connectivity index (χ2n) is 3.15. The second kappa shape index (κ2) is 4.93. The highest BCUT2D eigenvalue weighted by molar-refractivity contribution is 7.98. The predicted molar refractivity (Wildman–Crippen MR) is 59.4 cm³/mol. The molecule has 1 aromatic rings. The van der Waals surface area contributed by atoms with E-state index in [0.29, 0.717) is 5.56 Å². The van der Waals surface area contributed by atoms with E-state index in [1.54, 1.807) is 13.0 Å². The highest BCUT2D eigenvalue weighted by Crippen LogP contribution is 2.26. The van der Waals surface area contributed by atoms with Crippen molar-refractivity contribution < 1.29 is 9.72 Å². The Labute approximate surface area is 91.8 Å². The van der Waals surface area contributed by atoms with Gasteiger partial charge in [-0.2, -0.15) is 0 Å². The summed E-state index contributed by atoms with van der Waals surface area (Å²) < 4.78 is 0. The smallest absolute Gasteiger partial charge is 0.270 e. The highest BCUT2D eigenvalue weighted by Gasteiger charge is 2.12. The van der Waals surface area contributed by atoms with E-state index >= 15 is 0 Å². The molecule has 0 N–H and O–H groups in total. The van der Waals surface area contributed by atoms with E-state index in [1.165, 1.54) is 23.9 Å². The monoisotopic (exact) mass is 225 g/mol. The van der Waals surface area contributed by atoms with E-state index in [-0.39, 0.29) is 11.6 Å². The average Bonchev–Trinajstić information content (AvgIpc) is 2.27. The highest BCUT2D eigenvalue weighted by atomic mass is 32.2. The zero-order valence-electron chi connectivity index (χ0n) is 8.47. The van der Waals surface area contributed by atoms with Crippen LogP contribution in [0, 0.1) is 10.1 Å². The molecule has 1 atom stereocenters. The van der Waals surface area contributed by atoms with Crippen molar-refractivity contribution >= 4 is 23.7 Å². The molecule has 0 saturated carbocycles. The topological polar surface area (TPSA) is 60.2 Å². The van der Waals surface area contributed by atoms with Gasteiger partial charge in [0.25, 0.3) is 5.69 Å². The Hall–Kier alpha value is -1.36. The lowest BCUT2D eigenvalue weighted by molar-refractivity contribution is -0.385. The summed E-state index contributed by atoms with van der Waals surface area (Å²) in [7, 11) is 0. The Bertz CT molecular complexity index is 392. The fraction of sp³-hybridized carbons (Fsp3) is 0.300. The van der Waals surface area contributed by atoms with Crippen LogP contribution in [0.1, 0.15) is 18.4 Å². The maximum atomic E-state index is 10.6. The van der Waals surface area contributed by atoms with Gasteiger partial charge in [0.1, 0.15) is 6.29 Å². The lowest BCUT2D eigenvalue weighted by atomic mass is 10.0. The molecule has 0 aliphatic carbocycles. The third-order valence-electron chi connectivity index (χ3n) is 2.09. The number of nitrogens with zero attached hydrogens (tertiary/aromatic N) is 1. The molecule has 4 nitrogen and oxygen atoms in total. The van der Waals surface area contributed by atoms with Gasteiger partial charge in [-0.1, -0.05) is 6.92 Å². The van der Waals surface area contributed by atoms with Crippen LogP contribution in [-0.2, 0) is 4.79 Å². The molecule has 1 rings (SSSR count). The van der Waals surface area contributed by atoms with E-state index in [4.69, 9.17) is 0 Å². The van der Waals surface area contributed by atoms with Crippen LogP contribution >= 0.6 is 11.8 Å². The molecule has 0 saturated heterocycles. The van der Waals surface area contributed by atoms with Crippen LogP contribution in [0.25, 0.3) is 0 Å². The number of benzene rings is 1. The van der Waals surface area contributed by atoms with Gasteiger partial charge in [0.05, 0.1) is 4.92 Å². The van der Waals surface area contributed by atoms with Crippen molar-refractivity contribution in [1.82, 2.24) is 0 Å². The third kappa shape index (κ3) is 2.79. The molecular weight excluding hydrogens is 214 g/mol. The minimum Gasteiger partial charge on any atom is -0.303 e. The van der Waals surface area contributed by atoms with Gasteiger partial charge >= 0.3 is 0 Å². The van der Waals surface area contributed by atoms with Crippen molar-refractivity contribution in [2.45, 2.75) is 17.7 Å². The molecule has 0 spiro atoms. The van der Waals surface area contributed by atoms with E-state index in [1.807, 2.05) is 6.26 Å². The van der Waals surface area contributed by atoms with Crippen LogP contribution in [0.15, 0.2) is 23.1 Å². The molecule has 0 bridgehead atoms. The second-order valence-corrected chi connectivity index (χ2v) is 4.03. The molecule has 0 aliphatic rings. The van der Waals surface area contributed by atoms with Gasteiger partial charge < -0.3 is 4.79 Å². The van der Waals surface area contributed by atoms with Crippen molar-refractivity contribution in [3.8, 4) is 0 Å². The Kier molecular flexibility index (Phi) is 3.85. The number of nitro benzene ring substituents is 1. The summed E-state index contributed by atoms with van der Waals surface area (Å²) in [4.78, 5) is 21.6. The van der Waals surface area contributed by atoms with Crippen molar-refractivity contribution in [1.29, 1.82) is 0 Å². The number of hydrogen-bond acceptors (Lipinski definition) is 4. The maximum Gasteiger partial charge on any atom is 0.270 e. The molecule has 0 heterocycles. The first-order chi connectivity index (χ1) is 7.08. The van der Waals surface area contributed by atoms with Crippen molar-refractivity contribution in [3.63, 3.8) is 0 Å². The van der Waals surface area contributed by atoms with Crippen molar-refractivity contribution in [3.05, 3.63) is 33.9 Å². The number of thioether (sulfide) groups is 1. The van der Waals surface area contributed by atoms with Gasteiger partial charge in [0.2, 0.25) is 0 Å². The molecule has 0 radical (unpaired) electrons. The summed E-state index contributed by atoms with van der Waals surface area (Å²) in [5, 5.41) is 10.6. The fourth-order valence-corrected chi connectivity index (χ4v) is 1.66. The number of carbonyl (C=O) groups is 1. The molecule has 80 valence electrons. The first kappa shape index (κ1) is 11.7.